The normalized spacial score (nSPS) is 10.1. The molecule has 1 rings (SSSR count). The molecule has 0 N–H and O–H groups in total. The molecule has 0 unspecified atom stereocenters. The average molecular weight is 292 g/mol. The number of unbranched alkanes of at least 4 members (excludes halogenated alkanes) is 1. The van der Waals surface area contributed by atoms with E-state index in [0.717, 1.165) is 26.3 Å². The fourth-order valence-corrected chi connectivity index (χ4v) is 7.55. The number of hydrogen-bond donors (Lipinski definition) is 0. The van der Waals surface area contributed by atoms with E-state index in [0.29, 0.717) is 0 Å². The Labute approximate surface area is 86.0 Å². The molecule has 0 bridgehead atoms. The summed E-state index contributed by atoms with van der Waals surface area (Å²) in [6.07, 6.45) is 2.78. The summed E-state index contributed by atoms with van der Waals surface area (Å²) in [6, 6.07) is 10.9. The molecule has 2 heteroatoms. The Balaban J connectivity index is 2.16. The monoisotopic (exact) mass is 294 g/mol. The van der Waals surface area contributed by atoms with Crippen molar-refractivity contribution in [1.82, 2.24) is 0 Å². The third-order valence-corrected chi connectivity index (χ3v) is 8.86. The van der Waals surface area contributed by atoms with Gasteiger partial charge < -0.3 is 0 Å². The molecule has 0 heterocycles. The summed E-state index contributed by atoms with van der Waals surface area (Å²) in [4.78, 5) is 0. The van der Waals surface area contributed by atoms with Gasteiger partial charge in [-0.15, -0.1) is 0 Å². The molecule has 12 heavy (non-hydrogen) atoms. The zero-order chi connectivity index (χ0) is 8.65. The van der Waals surface area contributed by atoms with Crippen molar-refractivity contribution in [3.8, 4) is 0 Å². The Morgan fingerprint density at radius 3 is 2.58 bits per heavy atom. The standard InChI is InChI=1S/C10H14Se2/c1-2-3-9-11-12-10-7-5-4-6-8-10/h4-8H,2-3,9H2,1H3. The van der Waals surface area contributed by atoms with Crippen LogP contribution in [0.2, 0.25) is 5.32 Å². The summed E-state index contributed by atoms with van der Waals surface area (Å²) >= 11 is 1.67. The molecular formula is C10H14Se2. The third-order valence-electron chi connectivity index (χ3n) is 1.48. The van der Waals surface area contributed by atoms with E-state index >= 15 is 0 Å². The van der Waals surface area contributed by atoms with Gasteiger partial charge in [0, 0.05) is 0 Å². The Morgan fingerprint density at radius 2 is 1.92 bits per heavy atom. The molecular weight excluding hydrogens is 278 g/mol. The van der Waals surface area contributed by atoms with Gasteiger partial charge in [-0.05, 0) is 0 Å². The molecule has 0 fully saturated rings. The molecule has 0 saturated carbocycles. The predicted molar refractivity (Wildman–Crippen MR) is 57.3 cm³/mol. The molecule has 0 saturated heterocycles. The summed E-state index contributed by atoms with van der Waals surface area (Å²) in [6.45, 7) is 2.27. The molecule has 0 aromatic heterocycles. The van der Waals surface area contributed by atoms with Gasteiger partial charge in [-0.3, -0.25) is 0 Å². The van der Waals surface area contributed by atoms with Crippen LogP contribution in [-0.4, -0.2) is 26.3 Å². The van der Waals surface area contributed by atoms with Gasteiger partial charge in [0.25, 0.3) is 0 Å². The van der Waals surface area contributed by atoms with Crippen molar-refractivity contribution in [3.05, 3.63) is 30.3 Å². The van der Waals surface area contributed by atoms with Crippen LogP contribution in [0.1, 0.15) is 19.8 Å². The molecule has 0 aliphatic carbocycles. The fourth-order valence-electron chi connectivity index (χ4n) is 0.789. The molecule has 1 aromatic carbocycles. The number of rotatable bonds is 5. The average Bonchev–Trinajstić information content (AvgIpc) is 2.14. The molecule has 0 amide bonds. The van der Waals surface area contributed by atoms with Gasteiger partial charge in [-0.2, -0.15) is 0 Å². The van der Waals surface area contributed by atoms with Crippen LogP contribution in [-0.2, 0) is 0 Å². The van der Waals surface area contributed by atoms with Gasteiger partial charge in [0.05, 0.1) is 0 Å². The van der Waals surface area contributed by atoms with Gasteiger partial charge in [-0.25, -0.2) is 0 Å². The van der Waals surface area contributed by atoms with E-state index < -0.39 is 0 Å². The fraction of sp³-hybridized carbons (Fsp3) is 0.400. The Bertz CT molecular complexity index is 196. The molecule has 0 atom stereocenters. The van der Waals surface area contributed by atoms with Gasteiger partial charge >= 0.3 is 86.1 Å². The summed E-state index contributed by atoms with van der Waals surface area (Å²) in [5, 5.41) is 1.47. The Morgan fingerprint density at radius 1 is 1.17 bits per heavy atom. The predicted octanol–water partition coefficient (Wildman–Crippen LogP) is 1.85. The first-order chi connectivity index (χ1) is 5.93. The van der Waals surface area contributed by atoms with E-state index in [1.54, 1.807) is 4.46 Å². The number of hydrogen-bond acceptors (Lipinski definition) is 0. The van der Waals surface area contributed by atoms with Gasteiger partial charge in [0.15, 0.2) is 0 Å². The van der Waals surface area contributed by atoms with Crippen molar-refractivity contribution in [2.45, 2.75) is 25.1 Å². The van der Waals surface area contributed by atoms with Gasteiger partial charge in [-0.1, -0.05) is 0 Å². The minimum atomic E-state index is 0.781. The van der Waals surface area contributed by atoms with Crippen molar-refractivity contribution < 1.29 is 0 Å². The maximum absolute atomic E-state index is 2.27. The quantitative estimate of drug-likeness (QED) is 0.574. The van der Waals surface area contributed by atoms with Gasteiger partial charge in [0.1, 0.15) is 0 Å². The summed E-state index contributed by atoms with van der Waals surface area (Å²) in [7, 11) is 0. The van der Waals surface area contributed by atoms with Crippen LogP contribution in [0, 0.1) is 0 Å². The second-order valence-electron chi connectivity index (χ2n) is 2.57. The molecule has 0 aliphatic heterocycles. The molecule has 1 aromatic rings. The topological polar surface area (TPSA) is 0 Å². The van der Waals surface area contributed by atoms with Crippen LogP contribution in [0.15, 0.2) is 30.3 Å². The van der Waals surface area contributed by atoms with E-state index in [9.17, 15) is 0 Å². The summed E-state index contributed by atoms with van der Waals surface area (Å²) in [5.41, 5.74) is 0. The van der Waals surface area contributed by atoms with Gasteiger partial charge in [0.2, 0.25) is 0 Å². The van der Waals surface area contributed by atoms with E-state index in [1.165, 1.54) is 18.2 Å². The van der Waals surface area contributed by atoms with Crippen molar-refractivity contribution in [3.63, 3.8) is 0 Å². The third kappa shape index (κ3) is 4.33. The Kier molecular flexibility index (Phi) is 5.81. The van der Waals surface area contributed by atoms with Crippen LogP contribution in [0.3, 0.4) is 0 Å². The van der Waals surface area contributed by atoms with Crippen LogP contribution in [0.4, 0.5) is 0 Å². The second-order valence-corrected chi connectivity index (χ2v) is 9.65. The van der Waals surface area contributed by atoms with Crippen LogP contribution < -0.4 is 4.46 Å². The molecule has 0 nitrogen and oxygen atoms in total. The minimum absolute atomic E-state index is 0.781. The number of benzene rings is 1. The van der Waals surface area contributed by atoms with Crippen molar-refractivity contribution in [2.75, 3.05) is 0 Å². The van der Waals surface area contributed by atoms with E-state index in [4.69, 9.17) is 0 Å². The second kappa shape index (κ2) is 6.74. The molecule has 0 aliphatic rings. The van der Waals surface area contributed by atoms with Crippen LogP contribution in [0.5, 0.6) is 0 Å². The summed E-state index contributed by atoms with van der Waals surface area (Å²) < 4.78 is 1.57. The summed E-state index contributed by atoms with van der Waals surface area (Å²) in [5.74, 6) is 0. The SMILES string of the molecule is CCCC[Se][Se]c1ccccc1. The zero-order valence-corrected chi connectivity index (χ0v) is 10.8. The van der Waals surface area contributed by atoms with E-state index in [2.05, 4.69) is 37.3 Å². The van der Waals surface area contributed by atoms with E-state index in [-0.39, 0.29) is 0 Å². The molecule has 66 valence electrons. The first-order valence-electron chi connectivity index (χ1n) is 4.28. The van der Waals surface area contributed by atoms with Crippen molar-refractivity contribution in [1.29, 1.82) is 0 Å². The van der Waals surface area contributed by atoms with Crippen LogP contribution in [0.25, 0.3) is 0 Å². The van der Waals surface area contributed by atoms with Crippen LogP contribution >= 0.6 is 0 Å². The van der Waals surface area contributed by atoms with Crippen molar-refractivity contribution in [2.24, 2.45) is 0 Å². The first kappa shape index (κ1) is 10.3. The van der Waals surface area contributed by atoms with E-state index in [1.807, 2.05) is 0 Å². The Hall–Kier alpha value is 0.259. The maximum atomic E-state index is 2.27. The van der Waals surface area contributed by atoms with Crippen molar-refractivity contribution >= 4 is 30.7 Å². The molecule has 0 radical (unpaired) electrons. The first-order valence-corrected chi connectivity index (χ1v) is 10.7. The molecule has 0 spiro atoms. The zero-order valence-electron chi connectivity index (χ0n) is 7.32.